The molecule has 1 rings (SSSR count). The molecule has 102 valence electrons. The van der Waals surface area contributed by atoms with Crippen molar-refractivity contribution in [1.29, 1.82) is 0 Å². The van der Waals surface area contributed by atoms with E-state index in [1.54, 1.807) is 0 Å². The highest BCUT2D eigenvalue weighted by atomic mass is 35.5. The van der Waals surface area contributed by atoms with E-state index in [0.29, 0.717) is 17.7 Å². The smallest absolute Gasteiger partial charge is 0.137 e. The fraction of sp³-hybridized carbons (Fsp3) is 0.571. The molecule has 1 unspecified atom stereocenters. The number of nitrogens with zero attached hydrogens (tertiary/aromatic N) is 1. The lowest BCUT2D eigenvalue weighted by molar-refractivity contribution is 0.281. The van der Waals surface area contributed by atoms with Gasteiger partial charge in [-0.3, -0.25) is 0 Å². The zero-order chi connectivity index (χ0) is 13.5. The molecule has 0 bridgehead atoms. The van der Waals surface area contributed by atoms with Crippen LogP contribution < -0.4 is 10.1 Å². The Hall–Kier alpha value is -0.770. The molecule has 4 heteroatoms. The fourth-order valence-electron chi connectivity index (χ4n) is 1.63. The molecule has 1 N–H and O–H groups in total. The number of nitrogens with one attached hydrogen (secondary N) is 1. The maximum absolute atomic E-state index is 6.21. The SMILES string of the molecule is CNC(C)c1ccc(OCCCN(C)C)c(Cl)c1. The first-order chi connectivity index (χ1) is 8.54. The predicted octanol–water partition coefficient (Wildman–Crippen LogP) is 2.95. The van der Waals surface area contributed by atoms with Crippen LogP contribution >= 0.6 is 11.6 Å². The molecule has 0 radical (unpaired) electrons. The van der Waals surface area contributed by atoms with Crippen LogP contribution in [0.3, 0.4) is 0 Å². The van der Waals surface area contributed by atoms with Crippen LogP contribution in [0.1, 0.15) is 24.9 Å². The number of ether oxygens (including phenoxy) is 1. The van der Waals surface area contributed by atoms with Crippen molar-refractivity contribution in [3.05, 3.63) is 28.8 Å². The molecular weight excluding hydrogens is 248 g/mol. The summed E-state index contributed by atoms with van der Waals surface area (Å²) in [5.74, 6) is 0.766. The third kappa shape index (κ3) is 4.84. The monoisotopic (exact) mass is 270 g/mol. The van der Waals surface area contributed by atoms with Crippen molar-refractivity contribution < 1.29 is 4.74 Å². The normalized spacial score (nSPS) is 12.8. The summed E-state index contributed by atoms with van der Waals surface area (Å²) < 4.78 is 5.68. The predicted molar refractivity (Wildman–Crippen MR) is 77.6 cm³/mol. The zero-order valence-corrected chi connectivity index (χ0v) is 12.4. The van der Waals surface area contributed by atoms with Crippen molar-refractivity contribution in [2.24, 2.45) is 0 Å². The van der Waals surface area contributed by atoms with Gasteiger partial charge in [0.15, 0.2) is 0 Å². The molecule has 0 saturated carbocycles. The minimum absolute atomic E-state index is 0.297. The van der Waals surface area contributed by atoms with Crippen LogP contribution in [0, 0.1) is 0 Å². The van der Waals surface area contributed by atoms with Crippen LogP contribution in [0.5, 0.6) is 5.75 Å². The first-order valence-electron chi connectivity index (χ1n) is 6.29. The molecule has 1 aromatic carbocycles. The Bertz CT molecular complexity index is 369. The van der Waals surface area contributed by atoms with Crippen molar-refractivity contribution >= 4 is 11.6 Å². The van der Waals surface area contributed by atoms with Gasteiger partial charge < -0.3 is 15.0 Å². The molecule has 0 aliphatic heterocycles. The van der Waals surface area contributed by atoms with E-state index < -0.39 is 0 Å². The quantitative estimate of drug-likeness (QED) is 0.771. The maximum Gasteiger partial charge on any atom is 0.137 e. The Morgan fingerprint density at radius 3 is 2.67 bits per heavy atom. The lowest BCUT2D eigenvalue weighted by atomic mass is 10.1. The standard InChI is InChI=1S/C14H23ClN2O/c1-11(16-2)12-6-7-14(13(15)10-12)18-9-5-8-17(3)4/h6-7,10-11,16H,5,8-9H2,1-4H3. The van der Waals surface area contributed by atoms with E-state index in [4.69, 9.17) is 16.3 Å². The number of benzene rings is 1. The van der Waals surface area contributed by atoms with Crippen LogP contribution in [0.4, 0.5) is 0 Å². The third-order valence-electron chi connectivity index (χ3n) is 2.90. The zero-order valence-electron chi connectivity index (χ0n) is 11.7. The topological polar surface area (TPSA) is 24.5 Å². The summed E-state index contributed by atoms with van der Waals surface area (Å²) in [6.07, 6.45) is 0.998. The molecular formula is C14H23ClN2O. The van der Waals surface area contributed by atoms with E-state index in [9.17, 15) is 0 Å². The van der Waals surface area contributed by atoms with E-state index in [0.717, 1.165) is 18.7 Å². The van der Waals surface area contributed by atoms with Crippen LogP contribution in [-0.4, -0.2) is 39.2 Å². The second-order valence-electron chi connectivity index (χ2n) is 4.71. The highest BCUT2D eigenvalue weighted by molar-refractivity contribution is 6.32. The minimum atomic E-state index is 0.297. The average Bonchev–Trinajstić information content (AvgIpc) is 2.34. The highest BCUT2D eigenvalue weighted by Gasteiger charge is 2.07. The molecule has 0 saturated heterocycles. The van der Waals surface area contributed by atoms with Crippen LogP contribution in [0.25, 0.3) is 0 Å². The van der Waals surface area contributed by atoms with E-state index in [1.807, 2.05) is 25.2 Å². The van der Waals surface area contributed by atoms with Gasteiger partial charge >= 0.3 is 0 Å². The summed E-state index contributed by atoms with van der Waals surface area (Å²) >= 11 is 6.21. The Morgan fingerprint density at radius 2 is 2.11 bits per heavy atom. The maximum atomic E-state index is 6.21. The molecule has 0 heterocycles. The van der Waals surface area contributed by atoms with Crippen LogP contribution in [0.15, 0.2) is 18.2 Å². The Morgan fingerprint density at radius 1 is 1.39 bits per heavy atom. The molecule has 0 spiro atoms. The van der Waals surface area contributed by atoms with Gasteiger partial charge in [-0.05, 0) is 52.2 Å². The number of hydrogen-bond donors (Lipinski definition) is 1. The van der Waals surface area contributed by atoms with Crippen molar-refractivity contribution in [3.63, 3.8) is 0 Å². The molecule has 1 atom stereocenters. The molecule has 0 aromatic heterocycles. The molecule has 0 aliphatic rings. The molecule has 0 aliphatic carbocycles. The summed E-state index contributed by atoms with van der Waals surface area (Å²) in [4.78, 5) is 2.14. The van der Waals surface area contributed by atoms with Crippen molar-refractivity contribution in [1.82, 2.24) is 10.2 Å². The van der Waals surface area contributed by atoms with Gasteiger partial charge in [-0.15, -0.1) is 0 Å². The van der Waals surface area contributed by atoms with E-state index in [2.05, 4.69) is 31.2 Å². The minimum Gasteiger partial charge on any atom is -0.492 e. The molecule has 3 nitrogen and oxygen atoms in total. The molecule has 0 fully saturated rings. The summed E-state index contributed by atoms with van der Waals surface area (Å²) in [7, 11) is 6.05. The van der Waals surface area contributed by atoms with Gasteiger partial charge in [0.2, 0.25) is 0 Å². The second-order valence-corrected chi connectivity index (χ2v) is 5.11. The molecule has 18 heavy (non-hydrogen) atoms. The van der Waals surface area contributed by atoms with Crippen LogP contribution in [-0.2, 0) is 0 Å². The van der Waals surface area contributed by atoms with Crippen molar-refractivity contribution in [2.75, 3.05) is 34.3 Å². The van der Waals surface area contributed by atoms with Gasteiger partial charge in [0.1, 0.15) is 5.75 Å². The van der Waals surface area contributed by atoms with Crippen molar-refractivity contribution in [3.8, 4) is 5.75 Å². The lowest BCUT2D eigenvalue weighted by Crippen LogP contribution is -2.15. The largest absolute Gasteiger partial charge is 0.492 e. The highest BCUT2D eigenvalue weighted by Crippen LogP contribution is 2.27. The molecule has 0 amide bonds. The summed E-state index contributed by atoms with van der Waals surface area (Å²) in [5.41, 5.74) is 1.17. The molecule has 1 aromatic rings. The summed E-state index contributed by atoms with van der Waals surface area (Å²) in [6.45, 7) is 3.81. The van der Waals surface area contributed by atoms with E-state index in [1.165, 1.54) is 5.56 Å². The lowest BCUT2D eigenvalue weighted by Gasteiger charge is -2.14. The number of halogens is 1. The van der Waals surface area contributed by atoms with E-state index >= 15 is 0 Å². The Balaban J connectivity index is 2.52. The van der Waals surface area contributed by atoms with Gasteiger partial charge in [-0.2, -0.15) is 0 Å². The van der Waals surface area contributed by atoms with Gasteiger partial charge in [-0.1, -0.05) is 17.7 Å². The second kappa shape index (κ2) is 7.62. The Kier molecular flexibility index (Phi) is 6.47. The van der Waals surface area contributed by atoms with Gasteiger partial charge in [0.05, 0.1) is 11.6 Å². The van der Waals surface area contributed by atoms with E-state index in [-0.39, 0.29) is 0 Å². The first-order valence-corrected chi connectivity index (χ1v) is 6.66. The fourth-order valence-corrected chi connectivity index (χ4v) is 1.88. The van der Waals surface area contributed by atoms with Gasteiger partial charge in [0, 0.05) is 12.6 Å². The van der Waals surface area contributed by atoms with Crippen molar-refractivity contribution in [2.45, 2.75) is 19.4 Å². The summed E-state index contributed by atoms with van der Waals surface area (Å²) in [5, 5.41) is 3.87. The Labute approximate surface area is 115 Å². The third-order valence-corrected chi connectivity index (χ3v) is 3.19. The first kappa shape index (κ1) is 15.3. The van der Waals surface area contributed by atoms with Crippen LogP contribution in [0.2, 0.25) is 5.02 Å². The average molecular weight is 271 g/mol. The summed E-state index contributed by atoms with van der Waals surface area (Å²) in [6, 6.07) is 6.25. The number of hydrogen-bond acceptors (Lipinski definition) is 3. The number of rotatable bonds is 7. The van der Waals surface area contributed by atoms with Gasteiger partial charge in [-0.25, -0.2) is 0 Å². The van der Waals surface area contributed by atoms with Gasteiger partial charge in [0.25, 0.3) is 0 Å².